The summed E-state index contributed by atoms with van der Waals surface area (Å²) < 4.78 is 0. The second-order valence-electron chi connectivity index (χ2n) is 5.06. The number of hydrogen-bond donors (Lipinski definition) is 1. The zero-order valence-electron chi connectivity index (χ0n) is 11.7. The number of aromatic nitrogens is 2. The molecule has 1 aromatic carbocycles. The minimum atomic E-state index is -0.175. The maximum absolute atomic E-state index is 12.0. The maximum atomic E-state index is 12.0. The molecule has 1 N–H and O–H groups in total. The first-order valence-corrected chi connectivity index (χ1v) is 8.07. The number of nitrogens with one attached hydrogen (secondary N) is 1. The first-order chi connectivity index (χ1) is 9.94. The molecule has 0 atom stereocenters. The number of carbonyl (C=O) groups excluding carboxylic acids is 1. The number of hydrogen-bond acceptors (Lipinski definition) is 4. The molecule has 0 unspecified atom stereocenters. The smallest absolute Gasteiger partial charge is 0.230 e. The lowest BCUT2D eigenvalue weighted by Crippen LogP contribution is -2.14. The molecule has 0 aliphatic rings. The Kier molecular flexibility index (Phi) is 5.56. The monoisotopic (exact) mass is 343 g/mol. The molecule has 2 rings (SSSR count). The Hall–Kier alpha value is -1.17. The Morgan fingerprint density at radius 1 is 1.33 bits per heavy atom. The molecule has 1 aromatic heterocycles. The van der Waals surface area contributed by atoms with Crippen LogP contribution in [0.15, 0.2) is 18.2 Å². The van der Waals surface area contributed by atoms with Crippen LogP contribution in [0.5, 0.6) is 0 Å². The van der Waals surface area contributed by atoms with Crippen molar-refractivity contribution in [1.29, 1.82) is 0 Å². The van der Waals surface area contributed by atoms with Crippen LogP contribution < -0.4 is 5.32 Å². The van der Waals surface area contributed by atoms with Gasteiger partial charge in [-0.05, 0) is 23.6 Å². The third-order valence-electron chi connectivity index (χ3n) is 2.66. The van der Waals surface area contributed by atoms with E-state index in [9.17, 15) is 4.79 Å². The van der Waals surface area contributed by atoms with Gasteiger partial charge in [-0.2, -0.15) is 0 Å². The molecule has 0 spiro atoms. The van der Waals surface area contributed by atoms with Crippen molar-refractivity contribution >= 4 is 45.6 Å². The van der Waals surface area contributed by atoms with Gasteiger partial charge in [0, 0.05) is 16.5 Å². The van der Waals surface area contributed by atoms with Crippen molar-refractivity contribution in [3.63, 3.8) is 0 Å². The van der Waals surface area contributed by atoms with Crippen LogP contribution in [-0.2, 0) is 17.6 Å². The fourth-order valence-corrected chi connectivity index (χ4v) is 3.18. The molecule has 2 aromatic rings. The van der Waals surface area contributed by atoms with Gasteiger partial charge in [-0.1, -0.05) is 54.5 Å². The van der Waals surface area contributed by atoms with Crippen molar-refractivity contribution in [2.24, 2.45) is 5.92 Å². The van der Waals surface area contributed by atoms with Crippen LogP contribution >= 0.6 is 34.5 Å². The largest absolute Gasteiger partial charge is 0.300 e. The topological polar surface area (TPSA) is 54.9 Å². The van der Waals surface area contributed by atoms with Gasteiger partial charge in [0.1, 0.15) is 5.01 Å². The Bertz CT molecular complexity index is 643. The first kappa shape index (κ1) is 16.2. The molecule has 1 amide bonds. The van der Waals surface area contributed by atoms with E-state index in [2.05, 4.69) is 29.4 Å². The van der Waals surface area contributed by atoms with Crippen molar-refractivity contribution in [2.45, 2.75) is 26.7 Å². The van der Waals surface area contributed by atoms with E-state index >= 15 is 0 Å². The van der Waals surface area contributed by atoms with Crippen molar-refractivity contribution in [3.8, 4) is 0 Å². The van der Waals surface area contributed by atoms with Crippen LogP contribution in [0.4, 0.5) is 5.13 Å². The lowest BCUT2D eigenvalue weighted by Gasteiger charge is -2.04. The van der Waals surface area contributed by atoms with E-state index in [4.69, 9.17) is 23.2 Å². The number of carbonyl (C=O) groups is 1. The Morgan fingerprint density at radius 2 is 2.10 bits per heavy atom. The number of nitrogens with zero attached hydrogens (tertiary/aromatic N) is 2. The molecule has 0 aliphatic heterocycles. The Balaban J connectivity index is 1.96. The minimum Gasteiger partial charge on any atom is -0.300 e. The van der Waals surface area contributed by atoms with E-state index in [0.717, 1.165) is 17.0 Å². The third kappa shape index (κ3) is 4.95. The van der Waals surface area contributed by atoms with Crippen molar-refractivity contribution in [1.82, 2.24) is 10.2 Å². The molecule has 1 heterocycles. The number of benzene rings is 1. The molecular weight excluding hydrogens is 329 g/mol. The molecule has 4 nitrogen and oxygen atoms in total. The van der Waals surface area contributed by atoms with Gasteiger partial charge < -0.3 is 5.32 Å². The van der Waals surface area contributed by atoms with E-state index < -0.39 is 0 Å². The van der Waals surface area contributed by atoms with Gasteiger partial charge in [-0.15, -0.1) is 10.2 Å². The second-order valence-corrected chi connectivity index (χ2v) is 6.97. The minimum absolute atomic E-state index is 0.175. The summed E-state index contributed by atoms with van der Waals surface area (Å²) in [5, 5.41) is 13.2. The number of halogens is 2. The number of rotatable bonds is 5. The van der Waals surface area contributed by atoms with Crippen molar-refractivity contribution < 1.29 is 4.79 Å². The molecule has 112 valence electrons. The third-order valence-corrected chi connectivity index (χ3v) is 4.11. The molecule has 0 aliphatic carbocycles. The van der Waals surface area contributed by atoms with Gasteiger partial charge in [0.15, 0.2) is 0 Å². The quantitative estimate of drug-likeness (QED) is 0.883. The summed E-state index contributed by atoms with van der Waals surface area (Å²) in [5.41, 5.74) is 0.727. The SMILES string of the molecule is CC(C)Cc1nnc(NC(=O)Cc2ccc(Cl)cc2Cl)s1. The van der Waals surface area contributed by atoms with Crippen molar-refractivity contribution in [3.05, 3.63) is 38.8 Å². The fourth-order valence-electron chi connectivity index (χ4n) is 1.74. The zero-order chi connectivity index (χ0) is 15.4. The Morgan fingerprint density at radius 3 is 2.76 bits per heavy atom. The normalized spacial score (nSPS) is 10.9. The maximum Gasteiger partial charge on any atom is 0.230 e. The zero-order valence-corrected chi connectivity index (χ0v) is 14.0. The van der Waals surface area contributed by atoms with Crippen LogP contribution in [0.2, 0.25) is 10.0 Å². The van der Waals surface area contributed by atoms with Crippen LogP contribution in [-0.4, -0.2) is 16.1 Å². The molecule has 0 saturated heterocycles. The van der Waals surface area contributed by atoms with E-state index in [0.29, 0.717) is 21.1 Å². The van der Waals surface area contributed by atoms with Gasteiger partial charge >= 0.3 is 0 Å². The summed E-state index contributed by atoms with van der Waals surface area (Å²) in [6, 6.07) is 5.08. The highest BCUT2D eigenvalue weighted by atomic mass is 35.5. The highest BCUT2D eigenvalue weighted by Crippen LogP contribution is 2.22. The average molecular weight is 344 g/mol. The van der Waals surface area contributed by atoms with Gasteiger partial charge in [0.25, 0.3) is 0 Å². The summed E-state index contributed by atoms with van der Waals surface area (Å²) in [6.07, 6.45) is 1.03. The van der Waals surface area contributed by atoms with Gasteiger partial charge in [-0.3, -0.25) is 4.79 Å². The standard InChI is InChI=1S/C14H15Cl2N3OS/c1-8(2)5-13-18-19-14(21-13)17-12(20)6-9-3-4-10(15)7-11(9)16/h3-4,7-8H,5-6H2,1-2H3,(H,17,19,20). The van der Waals surface area contributed by atoms with E-state index in [1.165, 1.54) is 11.3 Å². The molecule has 0 fully saturated rings. The fraction of sp³-hybridized carbons (Fsp3) is 0.357. The lowest BCUT2D eigenvalue weighted by atomic mass is 10.1. The molecule has 21 heavy (non-hydrogen) atoms. The van der Waals surface area contributed by atoms with Crippen LogP contribution in [0.1, 0.15) is 24.4 Å². The lowest BCUT2D eigenvalue weighted by molar-refractivity contribution is -0.115. The summed E-state index contributed by atoms with van der Waals surface area (Å²) in [7, 11) is 0. The highest BCUT2D eigenvalue weighted by molar-refractivity contribution is 7.15. The van der Waals surface area contributed by atoms with Crippen LogP contribution in [0, 0.1) is 5.92 Å². The van der Waals surface area contributed by atoms with Crippen molar-refractivity contribution in [2.75, 3.05) is 5.32 Å². The summed E-state index contributed by atoms with van der Waals surface area (Å²) in [5.74, 6) is 0.334. The molecule has 0 saturated carbocycles. The van der Waals surface area contributed by atoms with Gasteiger partial charge in [0.05, 0.1) is 6.42 Å². The summed E-state index contributed by atoms with van der Waals surface area (Å²) >= 11 is 13.3. The average Bonchev–Trinajstić information content (AvgIpc) is 2.79. The number of anilines is 1. The Labute approximate surface area is 137 Å². The molecule has 7 heteroatoms. The van der Waals surface area contributed by atoms with Crippen LogP contribution in [0.25, 0.3) is 0 Å². The van der Waals surface area contributed by atoms with E-state index in [-0.39, 0.29) is 12.3 Å². The molecule has 0 bridgehead atoms. The van der Waals surface area contributed by atoms with E-state index in [1.807, 2.05) is 0 Å². The highest BCUT2D eigenvalue weighted by Gasteiger charge is 2.11. The predicted octanol–water partition coefficient (Wildman–Crippen LogP) is 4.22. The molecular formula is C14H15Cl2N3OS. The second kappa shape index (κ2) is 7.20. The first-order valence-electron chi connectivity index (χ1n) is 6.50. The van der Waals surface area contributed by atoms with E-state index in [1.54, 1.807) is 18.2 Å². The van der Waals surface area contributed by atoms with Crippen LogP contribution in [0.3, 0.4) is 0 Å². The molecule has 0 radical (unpaired) electrons. The number of amides is 1. The van der Waals surface area contributed by atoms with Gasteiger partial charge in [-0.25, -0.2) is 0 Å². The summed E-state index contributed by atoms with van der Waals surface area (Å²) in [4.78, 5) is 12.0. The predicted molar refractivity (Wildman–Crippen MR) is 87.2 cm³/mol. The summed E-state index contributed by atoms with van der Waals surface area (Å²) in [6.45, 7) is 4.23. The van der Waals surface area contributed by atoms with Gasteiger partial charge in [0.2, 0.25) is 11.0 Å².